The van der Waals surface area contributed by atoms with Crippen molar-refractivity contribution >= 4 is 17.2 Å². The van der Waals surface area contributed by atoms with Gasteiger partial charge in [0.1, 0.15) is 0 Å². The number of benzene rings is 1. The molecule has 24 heavy (non-hydrogen) atoms. The Morgan fingerprint density at radius 3 is 2.79 bits per heavy atom. The van der Waals surface area contributed by atoms with Gasteiger partial charge in [0.15, 0.2) is 11.5 Å². The molecule has 1 aromatic carbocycles. The van der Waals surface area contributed by atoms with E-state index in [0.717, 1.165) is 16.1 Å². The first-order chi connectivity index (χ1) is 11.7. The summed E-state index contributed by atoms with van der Waals surface area (Å²) in [5.74, 6) is 1.11. The van der Waals surface area contributed by atoms with Gasteiger partial charge in [-0.2, -0.15) is 5.10 Å². The number of ether oxygens (including phenoxy) is 2. The lowest BCUT2D eigenvalue weighted by Gasteiger charge is -2.10. The maximum absolute atomic E-state index is 12.5. The van der Waals surface area contributed by atoms with Crippen LogP contribution in [-0.2, 0) is 6.54 Å². The Morgan fingerprint density at radius 1 is 1.25 bits per heavy atom. The quantitative estimate of drug-likeness (QED) is 0.721. The highest BCUT2D eigenvalue weighted by molar-refractivity contribution is 7.13. The Balaban J connectivity index is 1.72. The third-order valence-corrected chi connectivity index (χ3v) is 4.44. The lowest BCUT2D eigenvalue weighted by molar-refractivity contribution is 0.0951. The molecule has 0 atom stereocenters. The van der Waals surface area contributed by atoms with Crippen LogP contribution in [0.5, 0.6) is 11.5 Å². The number of methoxy groups -OCH3 is 2. The number of carbonyl (C=O) groups is 1. The molecule has 0 aliphatic rings. The fraction of sp³-hybridized carbons (Fsp3) is 0.176. The van der Waals surface area contributed by atoms with Gasteiger partial charge in [-0.25, -0.2) is 0 Å². The molecule has 0 radical (unpaired) electrons. The second-order valence-electron chi connectivity index (χ2n) is 5.01. The van der Waals surface area contributed by atoms with Crippen LogP contribution < -0.4 is 14.8 Å². The van der Waals surface area contributed by atoms with Crippen LogP contribution in [0, 0.1) is 0 Å². The van der Waals surface area contributed by atoms with E-state index >= 15 is 0 Å². The topological polar surface area (TPSA) is 76.2 Å². The number of hydrogen-bond donors (Lipinski definition) is 2. The van der Waals surface area contributed by atoms with Gasteiger partial charge in [-0.15, -0.1) is 11.3 Å². The molecule has 6 nitrogen and oxygen atoms in total. The van der Waals surface area contributed by atoms with Crippen LogP contribution in [0.15, 0.2) is 41.9 Å². The monoisotopic (exact) mass is 343 g/mol. The lowest BCUT2D eigenvalue weighted by atomic mass is 10.1. The summed E-state index contributed by atoms with van der Waals surface area (Å²) in [6.07, 6.45) is 1.54. The zero-order valence-electron chi connectivity index (χ0n) is 13.3. The van der Waals surface area contributed by atoms with Crippen molar-refractivity contribution in [1.82, 2.24) is 15.5 Å². The number of aromatic nitrogens is 2. The van der Waals surface area contributed by atoms with E-state index in [1.165, 1.54) is 0 Å². The third kappa shape index (κ3) is 3.26. The molecule has 7 heteroatoms. The smallest absolute Gasteiger partial charge is 0.255 e. The second-order valence-corrected chi connectivity index (χ2v) is 5.96. The highest BCUT2D eigenvalue weighted by Crippen LogP contribution is 2.28. The zero-order chi connectivity index (χ0) is 16.9. The van der Waals surface area contributed by atoms with Crippen molar-refractivity contribution in [3.63, 3.8) is 0 Å². The molecule has 0 bridgehead atoms. The van der Waals surface area contributed by atoms with Crippen molar-refractivity contribution < 1.29 is 14.3 Å². The predicted molar refractivity (Wildman–Crippen MR) is 92.6 cm³/mol. The SMILES string of the molecule is COc1ccc(CNC(=O)c2cn[nH]c2-c2cccs2)cc1OC. The average molecular weight is 343 g/mol. The summed E-state index contributed by atoms with van der Waals surface area (Å²) in [4.78, 5) is 13.4. The van der Waals surface area contributed by atoms with Crippen molar-refractivity contribution in [2.75, 3.05) is 14.2 Å². The number of aromatic amines is 1. The Bertz CT molecular complexity index is 827. The number of hydrogen-bond acceptors (Lipinski definition) is 5. The highest BCUT2D eigenvalue weighted by atomic mass is 32.1. The molecule has 2 N–H and O–H groups in total. The highest BCUT2D eigenvalue weighted by Gasteiger charge is 2.16. The third-order valence-electron chi connectivity index (χ3n) is 3.55. The first kappa shape index (κ1) is 16.1. The summed E-state index contributed by atoms with van der Waals surface area (Å²) in [6, 6.07) is 9.43. The second kappa shape index (κ2) is 7.18. The van der Waals surface area contributed by atoms with Gasteiger partial charge in [0.25, 0.3) is 5.91 Å². The molecule has 2 aromatic heterocycles. The first-order valence-electron chi connectivity index (χ1n) is 7.29. The van der Waals surface area contributed by atoms with Crippen LogP contribution in [0.1, 0.15) is 15.9 Å². The standard InChI is InChI=1S/C17H17N3O3S/c1-22-13-6-5-11(8-14(13)23-2)9-18-17(21)12-10-19-20-16(12)15-4-3-7-24-15/h3-8,10H,9H2,1-2H3,(H,18,21)(H,19,20). The van der Waals surface area contributed by atoms with Crippen molar-refractivity contribution in [2.24, 2.45) is 0 Å². The summed E-state index contributed by atoms with van der Waals surface area (Å²) < 4.78 is 10.5. The number of nitrogens with zero attached hydrogens (tertiary/aromatic N) is 1. The van der Waals surface area contributed by atoms with E-state index < -0.39 is 0 Å². The number of thiophene rings is 1. The van der Waals surface area contributed by atoms with Gasteiger partial charge >= 0.3 is 0 Å². The summed E-state index contributed by atoms with van der Waals surface area (Å²) in [5, 5.41) is 11.7. The Kier molecular flexibility index (Phi) is 4.81. The lowest BCUT2D eigenvalue weighted by Crippen LogP contribution is -2.22. The summed E-state index contributed by atoms with van der Waals surface area (Å²) in [7, 11) is 3.17. The minimum Gasteiger partial charge on any atom is -0.493 e. The molecule has 1 amide bonds. The van der Waals surface area contributed by atoms with E-state index in [0.29, 0.717) is 23.6 Å². The van der Waals surface area contributed by atoms with Crippen LogP contribution in [0.4, 0.5) is 0 Å². The minimum absolute atomic E-state index is 0.179. The first-order valence-corrected chi connectivity index (χ1v) is 8.17. The van der Waals surface area contributed by atoms with E-state index in [-0.39, 0.29) is 5.91 Å². The normalized spacial score (nSPS) is 10.4. The molecular formula is C17H17N3O3S. The summed E-state index contributed by atoms with van der Waals surface area (Å²) in [6.45, 7) is 0.383. The molecule has 0 spiro atoms. The van der Waals surface area contributed by atoms with Crippen LogP contribution in [0.2, 0.25) is 0 Å². The molecule has 0 unspecified atom stereocenters. The molecule has 0 fully saturated rings. The summed E-state index contributed by atoms with van der Waals surface area (Å²) >= 11 is 1.55. The largest absolute Gasteiger partial charge is 0.493 e. The summed E-state index contributed by atoms with van der Waals surface area (Å²) in [5.41, 5.74) is 2.18. The molecule has 0 saturated heterocycles. The van der Waals surface area contributed by atoms with E-state index in [1.54, 1.807) is 31.8 Å². The fourth-order valence-corrected chi connectivity index (χ4v) is 3.07. The maximum Gasteiger partial charge on any atom is 0.255 e. The molecule has 0 saturated carbocycles. The number of nitrogens with one attached hydrogen (secondary N) is 2. The molecule has 3 aromatic rings. The van der Waals surface area contributed by atoms with Crippen molar-refractivity contribution in [3.8, 4) is 22.1 Å². The van der Waals surface area contributed by atoms with E-state index in [9.17, 15) is 4.79 Å². The Labute approximate surface area is 143 Å². The van der Waals surface area contributed by atoms with Gasteiger partial charge < -0.3 is 14.8 Å². The molecule has 124 valence electrons. The fourth-order valence-electron chi connectivity index (χ4n) is 2.34. The number of carbonyl (C=O) groups excluding carboxylic acids is 1. The van der Waals surface area contributed by atoms with Crippen LogP contribution in [0.25, 0.3) is 10.6 Å². The van der Waals surface area contributed by atoms with Gasteiger partial charge in [-0.1, -0.05) is 12.1 Å². The van der Waals surface area contributed by atoms with Crippen LogP contribution in [0.3, 0.4) is 0 Å². The van der Waals surface area contributed by atoms with Gasteiger partial charge in [-0.05, 0) is 29.1 Å². The Hall–Kier alpha value is -2.80. The van der Waals surface area contributed by atoms with Gasteiger partial charge in [-0.3, -0.25) is 9.89 Å². The van der Waals surface area contributed by atoms with Gasteiger partial charge in [0.2, 0.25) is 0 Å². The average Bonchev–Trinajstić information content (AvgIpc) is 3.29. The van der Waals surface area contributed by atoms with Crippen molar-refractivity contribution in [1.29, 1.82) is 0 Å². The molecular weight excluding hydrogens is 326 g/mol. The van der Waals surface area contributed by atoms with E-state index in [4.69, 9.17) is 9.47 Å². The predicted octanol–water partition coefficient (Wildman–Crippen LogP) is 3.09. The van der Waals surface area contributed by atoms with Crippen molar-refractivity contribution in [3.05, 3.63) is 53.0 Å². The number of amides is 1. The van der Waals surface area contributed by atoms with Crippen LogP contribution in [-0.4, -0.2) is 30.3 Å². The van der Waals surface area contributed by atoms with Gasteiger partial charge in [0, 0.05) is 6.54 Å². The number of H-pyrrole nitrogens is 1. The van der Waals surface area contributed by atoms with E-state index in [2.05, 4.69) is 15.5 Å². The molecule has 3 rings (SSSR count). The Morgan fingerprint density at radius 2 is 2.08 bits per heavy atom. The van der Waals surface area contributed by atoms with Gasteiger partial charge in [0.05, 0.1) is 36.6 Å². The number of rotatable bonds is 6. The zero-order valence-corrected chi connectivity index (χ0v) is 14.1. The molecule has 0 aliphatic carbocycles. The van der Waals surface area contributed by atoms with Crippen molar-refractivity contribution in [2.45, 2.75) is 6.54 Å². The van der Waals surface area contributed by atoms with Crippen LogP contribution >= 0.6 is 11.3 Å². The van der Waals surface area contributed by atoms with E-state index in [1.807, 2.05) is 35.7 Å². The maximum atomic E-state index is 12.5. The molecule has 2 heterocycles. The molecule has 0 aliphatic heterocycles. The minimum atomic E-state index is -0.179.